The fourth-order valence-corrected chi connectivity index (χ4v) is 6.24. The zero-order chi connectivity index (χ0) is 34.3. The van der Waals surface area contributed by atoms with Crippen molar-refractivity contribution in [3.8, 4) is 0 Å². The number of pyridine rings is 1. The number of nitrogens with zero attached hydrogens (tertiary/aromatic N) is 4. The van der Waals surface area contributed by atoms with Crippen LogP contribution >= 0.6 is 0 Å². The van der Waals surface area contributed by atoms with E-state index in [1.807, 2.05) is 60.7 Å². The second-order valence-electron chi connectivity index (χ2n) is 11.9. The molecule has 1 fully saturated rings. The van der Waals surface area contributed by atoms with E-state index in [1.165, 1.54) is 28.0 Å². The van der Waals surface area contributed by atoms with Crippen LogP contribution in [0.4, 0.5) is 22.0 Å². The molecule has 0 saturated carbocycles. The van der Waals surface area contributed by atoms with Gasteiger partial charge >= 0.3 is 6.03 Å². The highest BCUT2D eigenvalue weighted by molar-refractivity contribution is 6.03. The maximum atomic E-state index is 15.0. The monoisotopic (exact) mass is 657 g/mol. The van der Waals surface area contributed by atoms with Gasteiger partial charge in [-0.25, -0.2) is 9.78 Å². The van der Waals surface area contributed by atoms with E-state index in [9.17, 15) is 29.9 Å². The topological polar surface area (TPSA) is 149 Å². The van der Waals surface area contributed by atoms with Gasteiger partial charge in [-0.2, -0.15) is 0 Å². The van der Waals surface area contributed by atoms with Gasteiger partial charge in [0.25, 0.3) is 11.6 Å². The second kappa shape index (κ2) is 14.9. The number of aromatic nitrogens is 1. The molecule has 1 saturated heterocycles. The first-order valence-electron chi connectivity index (χ1n) is 15.9. The molecular weight excluding hydrogens is 622 g/mol. The molecular formula is C38H35N5O6. The van der Waals surface area contributed by atoms with E-state index in [0.29, 0.717) is 16.9 Å². The summed E-state index contributed by atoms with van der Waals surface area (Å²) in [5.74, 6) is -0.00197. The first-order chi connectivity index (χ1) is 23.8. The minimum Gasteiger partial charge on any atom is -0.388 e. The predicted octanol–water partition coefficient (Wildman–Crippen LogP) is 5.63. The molecule has 1 aromatic heterocycles. The van der Waals surface area contributed by atoms with Crippen LogP contribution in [0.1, 0.15) is 27.0 Å². The third kappa shape index (κ3) is 7.64. The summed E-state index contributed by atoms with van der Waals surface area (Å²) in [6.45, 7) is -0.0334. The minimum atomic E-state index is -1.43. The number of hydrogen-bond donors (Lipinski definition) is 3. The molecule has 0 aliphatic carbocycles. The molecule has 1 aliphatic heterocycles. The fourth-order valence-electron chi connectivity index (χ4n) is 6.24. The highest BCUT2D eigenvalue weighted by Crippen LogP contribution is 2.33. The number of amides is 3. The van der Waals surface area contributed by atoms with Crippen LogP contribution in [0.15, 0.2) is 134 Å². The molecule has 2 heterocycles. The first kappa shape index (κ1) is 33.0. The molecule has 11 heteroatoms. The van der Waals surface area contributed by atoms with E-state index in [4.69, 9.17) is 0 Å². The van der Waals surface area contributed by atoms with E-state index in [2.05, 4.69) is 10.3 Å². The molecule has 3 N–H and O–H groups in total. The van der Waals surface area contributed by atoms with Gasteiger partial charge in [0.1, 0.15) is 18.0 Å². The molecule has 6 rings (SSSR count). The number of nitro benzene ring substituents is 1. The number of rotatable bonds is 10. The number of aliphatic hydroxyl groups is 2. The van der Waals surface area contributed by atoms with Crippen LogP contribution in [0.3, 0.4) is 0 Å². The fraction of sp³-hybridized carbons (Fsp3) is 0.184. The number of hydrogen-bond acceptors (Lipinski definition) is 7. The van der Waals surface area contributed by atoms with Gasteiger partial charge in [0.05, 0.1) is 22.7 Å². The number of non-ortho nitro benzene ring substituents is 1. The van der Waals surface area contributed by atoms with Crippen molar-refractivity contribution in [2.24, 2.45) is 0 Å². The Labute approximate surface area is 283 Å². The molecule has 248 valence electrons. The second-order valence-corrected chi connectivity index (χ2v) is 11.9. The van der Waals surface area contributed by atoms with E-state index in [-0.39, 0.29) is 36.7 Å². The van der Waals surface area contributed by atoms with Crippen molar-refractivity contribution in [2.75, 3.05) is 10.2 Å². The normalized spacial score (nSPS) is 19.3. The summed E-state index contributed by atoms with van der Waals surface area (Å²) in [4.78, 5) is 46.4. The molecule has 49 heavy (non-hydrogen) atoms. The lowest BCUT2D eigenvalue weighted by Crippen LogP contribution is -2.51. The summed E-state index contributed by atoms with van der Waals surface area (Å²) in [5.41, 5.74) is 2.57. The molecule has 0 bridgehead atoms. The number of nitrogens with one attached hydrogen (secondary N) is 1. The van der Waals surface area contributed by atoms with Crippen molar-refractivity contribution in [1.82, 2.24) is 9.88 Å². The van der Waals surface area contributed by atoms with Crippen LogP contribution in [0.5, 0.6) is 0 Å². The van der Waals surface area contributed by atoms with Gasteiger partial charge in [0, 0.05) is 30.4 Å². The van der Waals surface area contributed by atoms with Gasteiger partial charge in [0.15, 0.2) is 0 Å². The standard InChI is InChI=1S/C38H35N5O6/c44-35-32(22-26-11-3-1-4-12-26)41(25-28-15-9-16-29(21-28)37(46)40-34-19-7-8-20-39-34)38(47)42(30-17-10-18-31(24-30)43(48)49)33(36(35)45)23-27-13-5-2-6-14-27/h1-21,24,32-33,35-36,44-45H,22-23,25H2,(H,39,40,46)/t32-,33-,35+,36+/m1/s1. The number of urea groups is 1. The minimum absolute atomic E-state index is 0.0334. The van der Waals surface area contributed by atoms with Gasteiger partial charge < -0.3 is 20.4 Å². The third-order valence-electron chi connectivity index (χ3n) is 8.66. The summed E-state index contributed by atoms with van der Waals surface area (Å²) in [7, 11) is 0. The number of carbonyl (C=O) groups is 2. The van der Waals surface area contributed by atoms with Crippen molar-refractivity contribution in [1.29, 1.82) is 0 Å². The van der Waals surface area contributed by atoms with Crippen LogP contribution in [0.25, 0.3) is 0 Å². The van der Waals surface area contributed by atoms with Crippen LogP contribution < -0.4 is 10.2 Å². The lowest BCUT2D eigenvalue weighted by atomic mass is 9.90. The number of carbonyl (C=O) groups excluding carboxylic acids is 2. The lowest BCUT2D eigenvalue weighted by Gasteiger charge is -2.35. The quantitative estimate of drug-likeness (QED) is 0.130. The highest BCUT2D eigenvalue weighted by atomic mass is 16.6. The maximum absolute atomic E-state index is 15.0. The van der Waals surface area contributed by atoms with Gasteiger partial charge in [-0.3, -0.25) is 19.8 Å². The summed E-state index contributed by atoms with van der Waals surface area (Å²) in [5, 5.41) is 38.5. The molecule has 1 aliphatic rings. The Morgan fingerprint density at radius 2 is 1.37 bits per heavy atom. The Kier molecular flexibility index (Phi) is 10.0. The molecule has 5 aromatic rings. The average Bonchev–Trinajstić information content (AvgIpc) is 3.19. The largest absolute Gasteiger partial charge is 0.388 e. The molecule has 0 radical (unpaired) electrons. The van der Waals surface area contributed by atoms with Crippen molar-refractivity contribution < 1.29 is 24.7 Å². The summed E-state index contributed by atoms with van der Waals surface area (Å²) >= 11 is 0. The smallest absolute Gasteiger partial charge is 0.325 e. The third-order valence-corrected chi connectivity index (χ3v) is 8.66. The Morgan fingerprint density at radius 1 is 0.755 bits per heavy atom. The lowest BCUT2D eigenvalue weighted by molar-refractivity contribution is -0.384. The van der Waals surface area contributed by atoms with Crippen LogP contribution in [-0.2, 0) is 19.4 Å². The predicted molar refractivity (Wildman–Crippen MR) is 185 cm³/mol. The van der Waals surface area contributed by atoms with Crippen LogP contribution in [0, 0.1) is 10.1 Å². The van der Waals surface area contributed by atoms with Gasteiger partial charge in [0.2, 0.25) is 0 Å². The van der Waals surface area contributed by atoms with Crippen molar-refractivity contribution in [3.63, 3.8) is 0 Å². The molecule has 0 spiro atoms. The molecule has 4 atom stereocenters. The van der Waals surface area contributed by atoms with Gasteiger partial charge in [-0.15, -0.1) is 0 Å². The van der Waals surface area contributed by atoms with E-state index < -0.39 is 35.2 Å². The maximum Gasteiger partial charge on any atom is 0.325 e. The summed E-state index contributed by atoms with van der Waals surface area (Å²) < 4.78 is 0. The summed E-state index contributed by atoms with van der Waals surface area (Å²) in [6.07, 6.45) is -0.884. The highest BCUT2D eigenvalue weighted by Gasteiger charge is 2.47. The van der Waals surface area contributed by atoms with Gasteiger partial charge in [-0.05, 0) is 59.9 Å². The zero-order valence-electron chi connectivity index (χ0n) is 26.4. The van der Waals surface area contributed by atoms with E-state index in [1.54, 1.807) is 54.7 Å². The van der Waals surface area contributed by atoms with Gasteiger partial charge in [-0.1, -0.05) is 84.9 Å². The zero-order valence-corrected chi connectivity index (χ0v) is 26.4. The van der Waals surface area contributed by atoms with Crippen molar-refractivity contribution in [3.05, 3.63) is 166 Å². The average molecular weight is 658 g/mol. The number of anilines is 2. The Bertz CT molecular complexity index is 1910. The Hall–Kier alpha value is -5.91. The van der Waals surface area contributed by atoms with Crippen molar-refractivity contribution >= 4 is 29.1 Å². The SMILES string of the molecule is O=C(Nc1ccccn1)c1cccc(CN2C(=O)N(c3cccc([N+](=O)[O-])c3)[C@H](Cc3ccccc3)[C@H](O)[C@@H](O)[C@H]2Cc2ccccc2)c1. The molecule has 4 aromatic carbocycles. The number of benzene rings is 4. The molecule has 0 unspecified atom stereocenters. The first-order valence-corrected chi connectivity index (χ1v) is 15.9. The van der Waals surface area contributed by atoms with E-state index in [0.717, 1.165) is 11.1 Å². The number of nitro groups is 1. The Morgan fingerprint density at radius 3 is 2.02 bits per heavy atom. The summed E-state index contributed by atoms with van der Waals surface area (Å²) in [6, 6.07) is 33.9. The molecule has 11 nitrogen and oxygen atoms in total. The van der Waals surface area contributed by atoms with Crippen LogP contribution in [-0.4, -0.2) is 61.3 Å². The van der Waals surface area contributed by atoms with E-state index >= 15 is 0 Å². The Balaban J connectivity index is 1.43. The molecule has 3 amide bonds. The van der Waals surface area contributed by atoms with Crippen LogP contribution in [0.2, 0.25) is 0 Å². The van der Waals surface area contributed by atoms with Crippen molar-refractivity contribution in [2.45, 2.75) is 43.7 Å². The number of aliphatic hydroxyl groups excluding tert-OH is 2.